The number of sulfone groups is 1. The zero-order valence-corrected chi connectivity index (χ0v) is 18.7. The van der Waals surface area contributed by atoms with Crippen molar-refractivity contribution in [1.82, 2.24) is 0 Å². The number of carbonyl (C=O) groups is 1. The van der Waals surface area contributed by atoms with Crippen molar-refractivity contribution in [3.05, 3.63) is 63.6 Å². The summed E-state index contributed by atoms with van der Waals surface area (Å²) in [5, 5.41) is 1.17. The Labute approximate surface area is 184 Å². The third-order valence-corrected chi connectivity index (χ3v) is 8.68. The monoisotopic (exact) mass is 468 g/mol. The summed E-state index contributed by atoms with van der Waals surface area (Å²) in [5.41, 5.74) is 2.61. The number of thioether (sulfide) groups is 1. The van der Waals surface area contributed by atoms with E-state index in [1.165, 1.54) is 11.8 Å². The van der Waals surface area contributed by atoms with Gasteiger partial charge in [-0.2, -0.15) is 4.99 Å². The van der Waals surface area contributed by atoms with E-state index < -0.39 is 9.84 Å². The van der Waals surface area contributed by atoms with E-state index in [0.29, 0.717) is 20.9 Å². The number of fused-ring (bicyclic) bond motifs is 1. The highest BCUT2D eigenvalue weighted by molar-refractivity contribution is 8.16. The smallest absolute Gasteiger partial charge is 0.252 e. The highest BCUT2D eigenvalue weighted by Gasteiger charge is 2.49. The van der Waals surface area contributed by atoms with Gasteiger partial charge in [0.05, 0.1) is 34.7 Å². The van der Waals surface area contributed by atoms with Crippen LogP contribution in [-0.4, -0.2) is 42.3 Å². The van der Waals surface area contributed by atoms with Crippen LogP contribution in [0.15, 0.2) is 47.5 Å². The van der Waals surface area contributed by atoms with E-state index in [0.717, 1.165) is 11.1 Å². The fourth-order valence-corrected chi connectivity index (χ4v) is 7.97. The number of benzene rings is 2. The first-order valence-electron chi connectivity index (χ1n) is 9.00. The topological polar surface area (TPSA) is 66.8 Å². The zero-order chi connectivity index (χ0) is 20.8. The molecule has 0 N–H and O–H groups in total. The summed E-state index contributed by atoms with van der Waals surface area (Å²) in [6.07, 6.45) is 0.181. The number of rotatable bonds is 3. The fraction of sp³-hybridized carbons (Fsp3) is 0.300. The minimum Gasteiger partial charge on any atom is -0.314 e. The predicted octanol–water partition coefficient (Wildman–Crippen LogP) is 4.15. The lowest BCUT2D eigenvalue weighted by molar-refractivity contribution is -0.117. The average Bonchev–Trinajstić information content (AvgIpc) is 3.08. The Morgan fingerprint density at radius 3 is 2.59 bits per heavy atom. The Morgan fingerprint density at radius 2 is 1.90 bits per heavy atom. The molecule has 0 saturated carbocycles. The summed E-state index contributed by atoms with van der Waals surface area (Å²) < 4.78 is 24.3. The molecule has 2 aromatic rings. The van der Waals surface area contributed by atoms with Crippen LogP contribution in [0.4, 0.5) is 5.69 Å². The van der Waals surface area contributed by atoms with Gasteiger partial charge in [-0.05, 0) is 30.7 Å². The molecule has 2 aliphatic heterocycles. The van der Waals surface area contributed by atoms with E-state index in [-0.39, 0.29) is 35.1 Å². The number of anilines is 1. The second-order valence-corrected chi connectivity index (χ2v) is 11.4. The maximum Gasteiger partial charge on any atom is 0.252 e. The van der Waals surface area contributed by atoms with Crippen molar-refractivity contribution in [3.8, 4) is 0 Å². The molecule has 1 amide bonds. The quantitative estimate of drug-likeness (QED) is 0.676. The molecule has 152 valence electrons. The molecule has 5 nitrogen and oxygen atoms in total. The molecular weight excluding hydrogens is 451 g/mol. The SMILES string of the molecule is Cc1ccc(CC(=O)N=C2S[C@H]3CS(=O)(=O)C[C@@H]3N2c2ccc(Cl)cc2Cl)cc1. The molecule has 4 rings (SSSR count). The molecular formula is C20H18Cl2N2O3S2. The lowest BCUT2D eigenvalue weighted by Crippen LogP contribution is -2.38. The van der Waals surface area contributed by atoms with E-state index in [1.54, 1.807) is 23.1 Å². The van der Waals surface area contributed by atoms with E-state index >= 15 is 0 Å². The van der Waals surface area contributed by atoms with Gasteiger partial charge in [0.25, 0.3) is 5.91 Å². The van der Waals surface area contributed by atoms with Gasteiger partial charge in [-0.1, -0.05) is 64.8 Å². The number of hydrogen-bond donors (Lipinski definition) is 0. The Kier molecular flexibility index (Phi) is 5.68. The summed E-state index contributed by atoms with van der Waals surface area (Å²) in [6, 6.07) is 12.4. The molecule has 0 radical (unpaired) electrons. The van der Waals surface area contributed by atoms with Gasteiger partial charge in [0, 0.05) is 10.3 Å². The fourth-order valence-electron chi connectivity index (χ4n) is 3.55. The van der Waals surface area contributed by atoms with Crippen LogP contribution in [-0.2, 0) is 21.1 Å². The van der Waals surface area contributed by atoms with Crippen LogP contribution >= 0.6 is 35.0 Å². The summed E-state index contributed by atoms with van der Waals surface area (Å²) in [4.78, 5) is 18.7. The molecule has 0 aromatic heterocycles. The van der Waals surface area contributed by atoms with Crippen LogP contribution in [0.3, 0.4) is 0 Å². The summed E-state index contributed by atoms with van der Waals surface area (Å²) >= 11 is 13.7. The minimum atomic E-state index is -3.14. The van der Waals surface area contributed by atoms with E-state index in [2.05, 4.69) is 4.99 Å². The maximum atomic E-state index is 12.6. The molecule has 2 saturated heterocycles. The van der Waals surface area contributed by atoms with Crippen LogP contribution in [0.25, 0.3) is 0 Å². The molecule has 0 aliphatic carbocycles. The lowest BCUT2D eigenvalue weighted by Gasteiger charge is -2.25. The molecule has 2 aliphatic rings. The molecule has 9 heteroatoms. The van der Waals surface area contributed by atoms with Gasteiger partial charge < -0.3 is 4.90 Å². The number of amidine groups is 1. The number of hydrogen-bond acceptors (Lipinski definition) is 4. The van der Waals surface area contributed by atoms with Crippen molar-refractivity contribution in [1.29, 1.82) is 0 Å². The second kappa shape index (κ2) is 7.95. The Bertz CT molecular complexity index is 1100. The second-order valence-electron chi connectivity index (χ2n) is 7.22. The molecule has 0 bridgehead atoms. The maximum absolute atomic E-state index is 12.6. The van der Waals surface area contributed by atoms with Crippen LogP contribution in [0.2, 0.25) is 10.0 Å². The molecule has 0 unspecified atom stereocenters. The number of nitrogens with zero attached hydrogens (tertiary/aromatic N) is 2. The highest BCUT2D eigenvalue weighted by atomic mass is 35.5. The van der Waals surface area contributed by atoms with Crippen molar-refractivity contribution in [2.75, 3.05) is 16.4 Å². The number of amides is 1. The van der Waals surface area contributed by atoms with E-state index in [9.17, 15) is 13.2 Å². The standard InChI is InChI=1S/C20H18Cl2N2O3S2/c1-12-2-4-13(5-3-12)8-19(25)23-20-24(16-7-6-14(21)9-15(16)22)17-10-29(26,27)11-18(17)28-20/h2-7,9,17-18H,8,10-11H2,1H3/t17-,18-/m0/s1. The van der Waals surface area contributed by atoms with Gasteiger partial charge in [-0.3, -0.25) is 4.79 Å². The third kappa shape index (κ3) is 4.48. The normalized spacial score (nSPS) is 24.1. The van der Waals surface area contributed by atoms with Crippen molar-refractivity contribution >= 4 is 61.6 Å². The van der Waals surface area contributed by atoms with Gasteiger partial charge in [-0.15, -0.1) is 0 Å². The third-order valence-electron chi connectivity index (χ3n) is 4.93. The minimum absolute atomic E-state index is 0.00872. The van der Waals surface area contributed by atoms with Crippen LogP contribution in [0.1, 0.15) is 11.1 Å². The number of aryl methyl sites for hydroxylation is 1. The summed E-state index contributed by atoms with van der Waals surface area (Å²) in [5.74, 6) is -0.210. The molecule has 2 aromatic carbocycles. The molecule has 29 heavy (non-hydrogen) atoms. The van der Waals surface area contributed by atoms with Gasteiger partial charge in [0.2, 0.25) is 0 Å². The first-order valence-corrected chi connectivity index (χ1v) is 12.5. The van der Waals surface area contributed by atoms with Crippen molar-refractivity contribution in [3.63, 3.8) is 0 Å². The van der Waals surface area contributed by atoms with Crippen LogP contribution < -0.4 is 4.90 Å². The molecule has 2 atom stereocenters. The zero-order valence-electron chi connectivity index (χ0n) is 15.5. The summed E-state index contributed by atoms with van der Waals surface area (Å²) in [7, 11) is -3.14. The number of halogens is 2. The number of carbonyl (C=O) groups excluding carboxylic acids is 1. The first-order chi connectivity index (χ1) is 13.7. The largest absolute Gasteiger partial charge is 0.314 e. The number of aliphatic imine (C=N–C) groups is 1. The Hall–Kier alpha value is -1.54. The van der Waals surface area contributed by atoms with E-state index in [4.69, 9.17) is 23.2 Å². The van der Waals surface area contributed by atoms with Crippen LogP contribution in [0.5, 0.6) is 0 Å². The Balaban J connectivity index is 1.66. The summed E-state index contributed by atoms with van der Waals surface area (Å²) in [6.45, 7) is 1.99. The predicted molar refractivity (Wildman–Crippen MR) is 120 cm³/mol. The van der Waals surface area contributed by atoms with Gasteiger partial charge >= 0.3 is 0 Å². The van der Waals surface area contributed by atoms with Gasteiger partial charge in [-0.25, -0.2) is 8.42 Å². The highest BCUT2D eigenvalue weighted by Crippen LogP contribution is 2.43. The van der Waals surface area contributed by atoms with Gasteiger partial charge in [0.1, 0.15) is 0 Å². The Morgan fingerprint density at radius 1 is 1.17 bits per heavy atom. The van der Waals surface area contributed by atoms with Crippen molar-refractivity contribution in [2.45, 2.75) is 24.6 Å². The lowest BCUT2D eigenvalue weighted by atomic mass is 10.1. The van der Waals surface area contributed by atoms with Crippen LogP contribution in [0, 0.1) is 6.92 Å². The molecule has 2 heterocycles. The average molecular weight is 469 g/mol. The van der Waals surface area contributed by atoms with Crippen molar-refractivity contribution in [2.24, 2.45) is 4.99 Å². The van der Waals surface area contributed by atoms with Crippen molar-refractivity contribution < 1.29 is 13.2 Å². The van der Waals surface area contributed by atoms with Gasteiger partial charge in [0.15, 0.2) is 15.0 Å². The molecule has 2 fully saturated rings. The first kappa shape index (κ1) is 20.7. The van der Waals surface area contributed by atoms with E-state index in [1.807, 2.05) is 31.2 Å². The molecule has 0 spiro atoms.